The Morgan fingerprint density at radius 1 is 0.438 bits per heavy atom. The maximum atomic E-state index is 7.48. The highest BCUT2D eigenvalue weighted by Crippen LogP contribution is 2.49. The van der Waals surface area contributed by atoms with E-state index >= 15 is 0 Å². The van der Waals surface area contributed by atoms with Crippen LogP contribution < -0.4 is 26.0 Å². The molecule has 0 N–H and O–H groups in total. The lowest BCUT2D eigenvalue weighted by atomic mass is 9.34. The topological polar surface area (TPSA) is 22.3 Å². The van der Waals surface area contributed by atoms with Crippen molar-refractivity contribution in [2.45, 2.75) is 52.4 Å². The summed E-state index contributed by atoms with van der Waals surface area (Å²) in [5, 5.41) is 7.61. The Balaban J connectivity index is 0.948. The van der Waals surface area contributed by atoms with Crippen LogP contribution in [0.1, 0.15) is 51.7 Å². The van der Waals surface area contributed by atoms with E-state index in [0.29, 0.717) is 0 Å². The lowest BCUT2D eigenvalue weighted by Crippen LogP contribution is -2.59. The molecular weight excluding hydrogens is 990 g/mol. The molecule has 2 aliphatic heterocycles. The fraction of sp³-hybridized carbons (Fsp3) is 0.108. The summed E-state index contributed by atoms with van der Waals surface area (Å²) in [6.07, 6.45) is 3.17. The number of aromatic nitrogens is 2. The second-order valence-electron chi connectivity index (χ2n) is 23.0. The molecule has 0 aliphatic carbocycles. The molecule has 11 aromatic carbocycles. The van der Waals surface area contributed by atoms with Gasteiger partial charge in [0.05, 0.1) is 27.8 Å². The number of hydrogen-bond donors (Lipinski definition) is 0. The molecule has 0 radical (unpaired) electrons. The molecule has 4 nitrogen and oxygen atoms in total. The van der Waals surface area contributed by atoms with Gasteiger partial charge in [0, 0.05) is 70.5 Å². The van der Waals surface area contributed by atoms with Crippen molar-refractivity contribution in [3.05, 3.63) is 242 Å². The summed E-state index contributed by atoms with van der Waals surface area (Å²) in [7, 11) is 0. The molecule has 382 valence electrons. The smallest absolute Gasteiger partial charge is 0.256 e. The maximum Gasteiger partial charge on any atom is 0.256 e. The van der Waals surface area contributed by atoms with Gasteiger partial charge in [-0.25, -0.2) is 0 Å². The van der Waals surface area contributed by atoms with E-state index in [1.807, 2.05) is 11.3 Å². The van der Waals surface area contributed by atoms with Crippen molar-refractivity contribution in [1.29, 1.82) is 0 Å². The van der Waals surface area contributed by atoms with Gasteiger partial charge in [-0.05, 0) is 147 Å². The first-order valence-corrected chi connectivity index (χ1v) is 29.1. The Kier molecular flexibility index (Phi) is 10.5. The molecule has 3 aromatic heterocycles. The predicted molar refractivity (Wildman–Crippen MR) is 342 cm³/mol. The Morgan fingerprint density at radius 2 is 1.01 bits per heavy atom. The van der Waals surface area contributed by atoms with Crippen molar-refractivity contribution < 1.29 is 4.74 Å². The minimum absolute atomic E-state index is 0.0996. The fourth-order valence-corrected chi connectivity index (χ4v) is 14.7. The van der Waals surface area contributed by atoms with E-state index in [1.165, 1.54) is 131 Å². The van der Waals surface area contributed by atoms with Crippen LogP contribution in [0.4, 0.5) is 17.1 Å². The van der Waals surface area contributed by atoms with Gasteiger partial charge >= 0.3 is 0 Å². The predicted octanol–water partition coefficient (Wildman–Crippen LogP) is 18.6. The van der Waals surface area contributed by atoms with Crippen molar-refractivity contribution in [3.8, 4) is 45.1 Å². The minimum Gasteiger partial charge on any atom is -0.458 e. The molecule has 0 saturated carbocycles. The number of thiophene rings is 1. The SMILES string of the molecule is CCCCc1c(N2c3cc(-n4c5ccccc5c5cc(-c6ccccc6)ccc54)ccc3B3c4ccc(-n5c6ccccc6c6cc(-c7ccccc7)ccc65)cc4Oc4cc(C(C)(C)C)cc2c43)ccc2c1sc1ccccc12. The fourth-order valence-electron chi connectivity index (χ4n) is 13.5. The zero-order chi connectivity index (χ0) is 53.4. The first-order valence-electron chi connectivity index (χ1n) is 28.3. The lowest BCUT2D eigenvalue weighted by molar-refractivity contribution is 0.483. The number of ether oxygens (including phenoxy) is 1. The van der Waals surface area contributed by atoms with Crippen LogP contribution in [0.3, 0.4) is 0 Å². The van der Waals surface area contributed by atoms with E-state index in [-0.39, 0.29) is 12.1 Å². The molecule has 0 spiro atoms. The third kappa shape index (κ3) is 7.14. The Morgan fingerprint density at radius 3 is 1.65 bits per heavy atom. The van der Waals surface area contributed by atoms with Gasteiger partial charge in [-0.1, -0.05) is 180 Å². The van der Waals surface area contributed by atoms with Crippen molar-refractivity contribution in [2.75, 3.05) is 4.90 Å². The van der Waals surface area contributed by atoms with Gasteiger partial charge in [-0.3, -0.25) is 0 Å². The summed E-state index contributed by atoms with van der Waals surface area (Å²) in [4.78, 5) is 2.64. The number of benzene rings is 11. The van der Waals surface area contributed by atoms with Crippen molar-refractivity contribution in [2.24, 2.45) is 0 Å². The van der Waals surface area contributed by atoms with E-state index in [0.717, 1.165) is 42.1 Å². The minimum atomic E-state index is -0.177. The largest absolute Gasteiger partial charge is 0.458 e. The van der Waals surface area contributed by atoms with Gasteiger partial charge in [0.1, 0.15) is 11.5 Å². The summed E-state index contributed by atoms with van der Waals surface area (Å²) in [5.74, 6) is 1.81. The van der Waals surface area contributed by atoms with Gasteiger partial charge in [-0.15, -0.1) is 11.3 Å². The Bertz CT molecular complexity index is 4850. The number of nitrogens with zero attached hydrogens (tertiary/aromatic N) is 3. The molecule has 0 saturated heterocycles. The number of hydrogen-bond acceptors (Lipinski definition) is 3. The summed E-state index contributed by atoms with van der Waals surface area (Å²) in [6, 6.07) is 86.1. The monoisotopic (exact) mass is 1050 g/mol. The molecule has 2 aliphatic rings. The van der Waals surface area contributed by atoms with Crippen LogP contribution in [0.25, 0.3) is 97.4 Å². The quantitative estimate of drug-likeness (QED) is 0.142. The number of anilines is 3. The molecule has 0 bridgehead atoms. The van der Waals surface area contributed by atoms with Gasteiger partial charge in [0.15, 0.2) is 0 Å². The van der Waals surface area contributed by atoms with Crippen molar-refractivity contribution >= 4 is 115 Å². The van der Waals surface area contributed by atoms with E-state index in [9.17, 15) is 0 Å². The zero-order valence-corrected chi connectivity index (χ0v) is 46.1. The average molecular weight is 1050 g/mol. The van der Waals surface area contributed by atoms with Crippen LogP contribution in [-0.2, 0) is 11.8 Å². The van der Waals surface area contributed by atoms with Crippen molar-refractivity contribution in [1.82, 2.24) is 9.13 Å². The van der Waals surface area contributed by atoms with Crippen LogP contribution in [0, 0.1) is 0 Å². The molecule has 0 fully saturated rings. The van der Waals surface area contributed by atoms with Crippen LogP contribution >= 0.6 is 11.3 Å². The molecular formula is C74H56BN3OS. The molecule has 16 rings (SSSR count). The molecule has 0 amide bonds. The molecule has 80 heavy (non-hydrogen) atoms. The second kappa shape index (κ2) is 18.0. The first kappa shape index (κ1) is 47.0. The highest BCUT2D eigenvalue weighted by Gasteiger charge is 2.44. The molecule has 0 unspecified atom stereocenters. The van der Waals surface area contributed by atoms with Gasteiger partial charge in [0.2, 0.25) is 0 Å². The summed E-state index contributed by atoms with van der Waals surface area (Å²) >= 11 is 1.94. The number of fused-ring (bicyclic) bond motifs is 13. The number of unbranched alkanes of at least 4 members (excludes halogenated alkanes) is 1. The van der Waals surface area contributed by atoms with Crippen LogP contribution in [0.15, 0.2) is 231 Å². The molecule has 14 aromatic rings. The number of rotatable bonds is 8. The van der Waals surface area contributed by atoms with E-state index in [2.05, 4.69) is 272 Å². The van der Waals surface area contributed by atoms with Crippen LogP contribution in [0.5, 0.6) is 11.5 Å². The van der Waals surface area contributed by atoms with Crippen molar-refractivity contribution in [3.63, 3.8) is 0 Å². The third-order valence-electron chi connectivity index (χ3n) is 17.3. The summed E-state index contributed by atoms with van der Waals surface area (Å²) < 4.78 is 15.1. The average Bonchev–Trinajstić information content (AvgIpc) is 4.02. The highest BCUT2D eigenvalue weighted by atomic mass is 32.1. The summed E-state index contributed by atoms with van der Waals surface area (Å²) in [5.41, 5.74) is 21.5. The van der Waals surface area contributed by atoms with E-state index in [1.54, 1.807) is 0 Å². The first-order chi connectivity index (χ1) is 39.3. The summed E-state index contributed by atoms with van der Waals surface area (Å²) in [6.45, 7) is 9.22. The third-order valence-corrected chi connectivity index (χ3v) is 18.6. The van der Waals surface area contributed by atoms with E-state index in [4.69, 9.17) is 4.74 Å². The zero-order valence-electron chi connectivity index (χ0n) is 45.3. The maximum absolute atomic E-state index is 7.48. The van der Waals surface area contributed by atoms with E-state index < -0.39 is 0 Å². The molecule has 0 atom stereocenters. The Labute approximate surface area is 470 Å². The van der Waals surface area contributed by atoms with Crippen LogP contribution in [-0.4, -0.2) is 15.8 Å². The Hall–Kier alpha value is -9.10. The van der Waals surface area contributed by atoms with Gasteiger partial charge < -0.3 is 18.8 Å². The molecule has 6 heteroatoms. The van der Waals surface area contributed by atoms with Gasteiger partial charge in [-0.2, -0.15) is 0 Å². The highest BCUT2D eigenvalue weighted by molar-refractivity contribution is 7.26. The molecule has 5 heterocycles. The normalized spacial score (nSPS) is 12.9. The standard InChI is InChI=1S/C74H56BN3OS/c1-5-6-23-57-64(39-34-56-55-26-15-18-29-71(55)80-73(56)57)78-67-44-51(76-62-27-16-13-24-53(62)58-40-48(30-37-65(58)76)46-19-9-7-10-20-46)32-35-60(67)75-61-36-33-52(45-69(61)79-70-43-50(74(2,3)4)42-68(78)72(70)75)77-63-28-17-14-25-54(63)59-41-49(31-38-66(59)77)47-21-11-8-12-22-47/h7-22,24-45H,5-6,23H2,1-4H3. The second-order valence-corrected chi connectivity index (χ2v) is 24.1. The van der Waals surface area contributed by atoms with Crippen LogP contribution in [0.2, 0.25) is 0 Å². The lowest BCUT2D eigenvalue weighted by Gasteiger charge is -2.42. The number of aryl methyl sites for hydroxylation is 1. The van der Waals surface area contributed by atoms with Gasteiger partial charge in [0.25, 0.3) is 6.71 Å². The number of para-hydroxylation sites is 2.